The van der Waals surface area contributed by atoms with Crippen LogP contribution in [-0.2, 0) is 6.54 Å². The van der Waals surface area contributed by atoms with Crippen LogP contribution in [0.1, 0.15) is 37.4 Å². The van der Waals surface area contributed by atoms with E-state index < -0.39 is 4.92 Å². The van der Waals surface area contributed by atoms with Crippen molar-refractivity contribution < 1.29 is 9.66 Å². The van der Waals surface area contributed by atoms with E-state index in [0.29, 0.717) is 12.5 Å². The smallest absolute Gasteiger partial charge is 0.269 e. The molecule has 1 aliphatic rings. The van der Waals surface area contributed by atoms with E-state index in [-0.39, 0.29) is 17.3 Å². The maximum Gasteiger partial charge on any atom is 0.269 e. The fraction of sp³-hybridized carbons (Fsp3) is 0.350. The standard InChI is InChI=1S/C20H24N4O3/c1-20(2)12-17(16-6-4-5-7-18(16)27-20)23-19(21-3)22-13-14-8-10-15(11-9-14)24(25)26/h4-11,17H,12-13H2,1-3H3,(H2,21,22,23). The minimum absolute atomic E-state index is 0.0769. The molecule has 0 radical (unpaired) electrons. The highest BCUT2D eigenvalue weighted by molar-refractivity contribution is 5.80. The number of nitrogens with zero attached hydrogens (tertiary/aromatic N) is 2. The Hall–Kier alpha value is -3.09. The van der Waals surface area contributed by atoms with Gasteiger partial charge in [0.15, 0.2) is 5.96 Å². The van der Waals surface area contributed by atoms with Crippen molar-refractivity contribution in [2.75, 3.05) is 7.05 Å². The average Bonchev–Trinajstić information content (AvgIpc) is 2.64. The minimum atomic E-state index is -0.401. The number of hydrogen-bond donors (Lipinski definition) is 2. The maximum absolute atomic E-state index is 10.7. The Morgan fingerprint density at radius 1 is 1.26 bits per heavy atom. The minimum Gasteiger partial charge on any atom is -0.487 e. The molecule has 0 aromatic heterocycles. The summed E-state index contributed by atoms with van der Waals surface area (Å²) in [6.07, 6.45) is 0.808. The number of benzene rings is 2. The van der Waals surface area contributed by atoms with E-state index >= 15 is 0 Å². The average molecular weight is 368 g/mol. The van der Waals surface area contributed by atoms with Gasteiger partial charge in [-0.3, -0.25) is 15.1 Å². The van der Waals surface area contributed by atoms with Gasteiger partial charge in [0.2, 0.25) is 0 Å². The predicted molar refractivity (Wildman–Crippen MR) is 105 cm³/mol. The molecule has 0 saturated heterocycles. The molecule has 1 atom stereocenters. The number of para-hydroxylation sites is 1. The number of nitro benzene ring substituents is 1. The maximum atomic E-state index is 10.7. The molecule has 0 saturated carbocycles. The van der Waals surface area contributed by atoms with E-state index in [1.54, 1.807) is 19.2 Å². The molecule has 0 aliphatic carbocycles. The summed E-state index contributed by atoms with van der Waals surface area (Å²) < 4.78 is 6.07. The molecule has 0 spiro atoms. The van der Waals surface area contributed by atoms with Gasteiger partial charge < -0.3 is 15.4 Å². The molecular formula is C20H24N4O3. The number of aliphatic imine (C=N–C) groups is 1. The Morgan fingerprint density at radius 2 is 1.96 bits per heavy atom. The summed E-state index contributed by atoms with van der Waals surface area (Å²) in [5, 5.41) is 17.5. The van der Waals surface area contributed by atoms with Crippen molar-refractivity contribution in [3.8, 4) is 5.75 Å². The fourth-order valence-electron chi connectivity index (χ4n) is 3.21. The molecule has 7 heteroatoms. The number of nitro groups is 1. The van der Waals surface area contributed by atoms with E-state index in [1.165, 1.54) is 12.1 Å². The van der Waals surface area contributed by atoms with Gasteiger partial charge in [-0.1, -0.05) is 30.3 Å². The summed E-state index contributed by atoms with van der Waals surface area (Å²) >= 11 is 0. The van der Waals surface area contributed by atoms with Crippen LogP contribution in [0.15, 0.2) is 53.5 Å². The number of rotatable bonds is 4. The van der Waals surface area contributed by atoms with E-state index in [9.17, 15) is 10.1 Å². The molecule has 7 nitrogen and oxygen atoms in total. The van der Waals surface area contributed by atoms with Gasteiger partial charge in [-0.2, -0.15) is 0 Å². The number of fused-ring (bicyclic) bond motifs is 1. The van der Waals surface area contributed by atoms with Crippen LogP contribution < -0.4 is 15.4 Å². The number of non-ortho nitro benzene ring substituents is 1. The van der Waals surface area contributed by atoms with Crippen molar-refractivity contribution in [1.82, 2.24) is 10.6 Å². The normalized spacial score (nSPS) is 18.2. The highest BCUT2D eigenvalue weighted by Crippen LogP contribution is 2.39. The van der Waals surface area contributed by atoms with Gasteiger partial charge in [0.1, 0.15) is 11.4 Å². The highest BCUT2D eigenvalue weighted by Gasteiger charge is 2.33. The molecule has 27 heavy (non-hydrogen) atoms. The SMILES string of the molecule is CN=C(NCc1ccc([N+](=O)[O-])cc1)NC1CC(C)(C)Oc2ccccc21. The van der Waals surface area contributed by atoms with Crippen LogP contribution in [0, 0.1) is 10.1 Å². The van der Waals surface area contributed by atoms with Crippen molar-refractivity contribution in [3.63, 3.8) is 0 Å². The summed E-state index contributed by atoms with van der Waals surface area (Å²) in [6.45, 7) is 4.67. The van der Waals surface area contributed by atoms with Crippen LogP contribution in [0.5, 0.6) is 5.75 Å². The largest absolute Gasteiger partial charge is 0.487 e. The first-order valence-electron chi connectivity index (χ1n) is 8.86. The Kier molecular flexibility index (Phi) is 5.30. The number of guanidine groups is 1. The van der Waals surface area contributed by atoms with Crippen molar-refractivity contribution in [3.05, 3.63) is 69.8 Å². The van der Waals surface area contributed by atoms with Crippen LogP contribution in [0.2, 0.25) is 0 Å². The summed E-state index contributed by atoms with van der Waals surface area (Å²) in [6, 6.07) is 14.6. The lowest BCUT2D eigenvalue weighted by Gasteiger charge is -2.38. The lowest BCUT2D eigenvalue weighted by Crippen LogP contribution is -2.45. The fourth-order valence-corrected chi connectivity index (χ4v) is 3.21. The van der Waals surface area contributed by atoms with Crippen molar-refractivity contribution in [2.45, 2.75) is 38.5 Å². The summed E-state index contributed by atoms with van der Waals surface area (Å²) in [5.74, 6) is 1.56. The number of ether oxygens (including phenoxy) is 1. The first-order chi connectivity index (χ1) is 12.9. The van der Waals surface area contributed by atoms with Crippen molar-refractivity contribution in [1.29, 1.82) is 0 Å². The zero-order chi connectivity index (χ0) is 19.4. The zero-order valence-electron chi connectivity index (χ0n) is 15.7. The molecule has 1 unspecified atom stereocenters. The van der Waals surface area contributed by atoms with Crippen LogP contribution in [0.4, 0.5) is 5.69 Å². The van der Waals surface area contributed by atoms with Gasteiger partial charge in [0.25, 0.3) is 5.69 Å². The van der Waals surface area contributed by atoms with E-state index in [4.69, 9.17) is 4.74 Å². The second-order valence-corrected chi connectivity index (χ2v) is 7.15. The Morgan fingerprint density at radius 3 is 2.63 bits per heavy atom. The van der Waals surface area contributed by atoms with Crippen LogP contribution in [-0.4, -0.2) is 23.5 Å². The van der Waals surface area contributed by atoms with Gasteiger partial charge in [0, 0.05) is 37.7 Å². The molecule has 3 rings (SSSR count). The third-order valence-corrected chi connectivity index (χ3v) is 4.52. The lowest BCUT2D eigenvalue weighted by atomic mass is 9.90. The molecule has 1 aliphatic heterocycles. The summed E-state index contributed by atoms with van der Waals surface area (Å²) in [7, 11) is 1.72. The molecule has 2 N–H and O–H groups in total. The third kappa shape index (κ3) is 4.55. The molecule has 1 heterocycles. The summed E-state index contributed by atoms with van der Waals surface area (Å²) in [4.78, 5) is 14.7. The van der Waals surface area contributed by atoms with E-state index in [2.05, 4.69) is 35.5 Å². The first kappa shape index (κ1) is 18.7. The quantitative estimate of drug-likeness (QED) is 0.373. The number of nitrogens with one attached hydrogen (secondary N) is 2. The Bertz CT molecular complexity index is 847. The monoisotopic (exact) mass is 368 g/mol. The topological polar surface area (TPSA) is 88.8 Å². The zero-order valence-corrected chi connectivity index (χ0v) is 15.7. The van der Waals surface area contributed by atoms with Crippen LogP contribution >= 0.6 is 0 Å². The molecule has 2 aromatic carbocycles. The van der Waals surface area contributed by atoms with Gasteiger partial charge in [-0.05, 0) is 25.5 Å². The van der Waals surface area contributed by atoms with Gasteiger partial charge in [-0.25, -0.2) is 0 Å². The third-order valence-electron chi connectivity index (χ3n) is 4.52. The molecule has 0 bridgehead atoms. The van der Waals surface area contributed by atoms with Crippen LogP contribution in [0.3, 0.4) is 0 Å². The van der Waals surface area contributed by atoms with Gasteiger partial charge >= 0.3 is 0 Å². The predicted octanol–water partition coefficient (Wildman–Crippen LogP) is 3.56. The molecule has 0 fully saturated rings. The Labute approximate surface area is 158 Å². The van der Waals surface area contributed by atoms with E-state index in [1.807, 2.05) is 18.2 Å². The molecule has 2 aromatic rings. The second-order valence-electron chi connectivity index (χ2n) is 7.15. The van der Waals surface area contributed by atoms with Gasteiger partial charge in [0.05, 0.1) is 11.0 Å². The van der Waals surface area contributed by atoms with Crippen LogP contribution in [0.25, 0.3) is 0 Å². The summed E-state index contributed by atoms with van der Waals surface area (Å²) in [5.41, 5.74) is 1.86. The highest BCUT2D eigenvalue weighted by atomic mass is 16.6. The van der Waals surface area contributed by atoms with Crippen molar-refractivity contribution in [2.24, 2.45) is 4.99 Å². The Balaban J connectivity index is 1.67. The lowest BCUT2D eigenvalue weighted by molar-refractivity contribution is -0.384. The first-order valence-corrected chi connectivity index (χ1v) is 8.86. The van der Waals surface area contributed by atoms with E-state index in [0.717, 1.165) is 23.3 Å². The second kappa shape index (κ2) is 7.65. The molecule has 0 amide bonds. The van der Waals surface area contributed by atoms with Crippen molar-refractivity contribution >= 4 is 11.6 Å². The molecular weight excluding hydrogens is 344 g/mol. The van der Waals surface area contributed by atoms with Gasteiger partial charge in [-0.15, -0.1) is 0 Å². The number of hydrogen-bond acceptors (Lipinski definition) is 4. The molecule has 142 valence electrons.